The molecule has 2 aromatic rings. The van der Waals surface area contributed by atoms with E-state index in [9.17, 15) is 4.39 Å². The lowest BCUT2D eigenvalue weighted by Gasteiger charge is -2.37. The molecule has 2 fully saturated rings. The van der Waals surface area contributed by atoms with Crippen LogP contribution in [0.25, 0.3) is 0 Å². The van der Waals surface area contributed by atoms with Crippen LogP contribution in [0.15, 0.2) is 46.1 Å². The first-order valence-corrected chi connectivity index (χ1v) is 11.5. The lowest BCUT2D eigenvalue weighted by molar-refractivity contribution is 0.169. The molecule has 2 saturated heterocycles. The fourth-order valence-corrected chi connectivity index (χ4v) is 4.42. The maximum Gasteiger partial charge on any atom is 0.193 e. The first-order chi connectivity index (χ1) is 15.7. The van der Waals surface area contributed by atoms with Gasteiger partial charge in [0.1, 0.15) is 12.1 Å². The predicted octanol–water partition coefficient (Wildman–Crippen LogP) is 2.34. The minimum atomic E-state index is -0.129. The molecule has 33 heavy (non-hydrogen) atoms. The highest BCUT2D eigenvalue weighted by Gasteiger charge is 2.21. The Kier molecular flexibility index (Phi) is 10.2. The third-order valence-corrected chi connectivity index (χ3v) is 6.26. The van der Waals surface area contributed by atoms with Gasteiger partial charge in [-0.25, -0.2) is 4.39 Å². The summed E-state index contributed by atoms with van der Waals surface area (Å²) in [6.07, 6.45) is 2.69. The minimum absolute atomic E-state index is 0. The Morgan fingerprint density at radius 2 is 1.76 bits per heavy atom. The van der Waals surface area contributed by atoms with Crippen molar-refractivity contribution in [2.45, 2.75) is 13.0 Å². The summed E-state index contributed by atoms with van der Waals surface area (Å²) in [5, 5.41) is 7.53. The van der Waals surface area contributed by atoms with E-state index >= 15 is 0 Å². The van der Waals surface area contributed by atoms with Crippen LogP contribution in [0, 0.1) is 5.82 Å². The molecule has 0 spiro atoms. The molecule has 2 aliphatic rings. The van der Waals surface area contributed by atoms with E-state index in [0.29, 0.717) is 0 Å². The molecular formula is C23H35FIN7O. The molecule has 1 aromatic heterocycles. The van der Waals surface area contributed by atoms with Gasteiger partial charge in [0.25, 0.3) is 0 Å². The topological polar surface area (TPSA) is 63.4 Å². The van der Waals surface area contributed by atoms with E-state index in [1.54, 1.807) is 12.3 Å². The molecule has 0 amide bonds. The highest BCUT2D eigenvalue weighted by atomic mass is 127. The number of para-hydroxylation sites is 1. The van der Waals surface area contributed by atoms with Crippen molar-refractivity contribution in [3.63, 3.8) is 0 Å². The summed E-state index contributed by atoms with van der Waals surface area (Å²) in [5.74, 6) is 0.853. The molecule has 182 valence electrons. The van der Waals surface area contributed by atoms with Crippen LogP contribution in [-0.4, -0.2) is 98.3 Å². The summed E-state index contributed by atoms with van der Waals surface area (Å²) in [6, 6.07) is 8.98. The van der Waals surface area contributed by atoms with E-state index in [2.05, 4.69) is 35.1 Å². The number of hydrogen-bond donors (Lipinski definition) is 1. The van der Waals surface area contributed by atoms with Crippen molar-refractivity contribution < 1.29 is 8.91 Å². The zero-order chi connectivity index (χ0) is 22.2. The van der Waals surface area contributed by atoms with Crippen LogP contribution in [0.2, 0.25) is 0 Å². The van der Waals surface area contributed by atoms with Crippen molar-refractivity contribution in [1.82, 2.24) is 25.2 Å². The van der Waals surface area contributed by atoms with Gasteiger partial charge in [0.15, 0.2) is 5.96 Å². The van der Waals surface area contributed by atoms with Gasteiger partial charge < -0.3 is 19.6 Å². The van der Waals surface area contributed by atoms with Crippen molar-refractivity contribution in [2.75, 3.05) is 77.4 Å². The van der Waals surface area contributed by atoms with Gasteiger partial charge in [-0.1, -0.05) is 17.3 Å². The first kappa shape index (κ1) is 25.7. The molecule has 8 nitrogen and oxygen atoms in total. The Balaban J connectivity index is 0.00000306. The van der Waals surface area contributed by atoms with Gasteiger partial charge in [0, 0.05) is 78.6 Å². The Morgan fingerprint density at radius 1 is 1.03 bits per heavy atom. The molecule has 3 heterocycles. The highest BCUT2D eigenvalue weighted by Crippen LogP contribution is 2.20. The number of halogens is 2. The van der Waals surface area contributed by atoms with Gasteiger partial charge in [-0.05, 0) is 25.1 Å². The van der Waals surface area contributed by atoms with Crippen LogP contribution in [0.5, 0.6) is 0 Å². The van der Waals surface area contributed by atoms with E-state index < -0.39 is 0 Å². The van der Waals surface area contributed by atoms with Crippen LogP contribution in [-0.2, 0) is 6.54 Å². The molecular weight excluding hydrogens is 536 g/mol. The smallest absolute Gasteiger partial charge is 0.193 e. The number of nitrogens with zero attached hydrogens (tertiary/aromatic N) is 6. The third-order valence-electron chi connectivity index (χ3n) is 6.26. The Bertz CT molecular complexity index is 850. The van der Waals surface area contributed by atoms with Crippen LogP contribution in [0.4, 0.5) is 10.1 Å². The first-order valence-electron chi connectivity index (χ1n) is 11.5. The standard InChI is InChI=1S/C23H34FN7O.HI/c1-25-23(31-16-12-29(13-17-31)19-20-7-18-32-27-20)26-8-4-9-28-10-14-30(15-11-28)22-6-3-2-5-21(22)24;/h2-3,5-7,18H,4,8-17,19H2,1H3,(H,25,26);1H. The van der Waals surface area contributed by atoms with E-state index in [1.807, 2.05) is 25.2 Å². The number of rotatable bonds is 7. The summed E-state index contributed by atoms with van der Waals surface area (Å²) in [5.41, 5.74) is 1.70. The number of aliphatic imine (C=N–C) groups is 1. The summed E-state index contributed by atoms with van der Waals surface area (Å²) >= 11 is 0. The molecule has 0 saturated carbocycles. The SMILES string of the molecule is CN=C(NCCCN1CCN(c2ccccc2F)CC1)N1CCN(Cc2ccon2)CC1.I. The van der Waals surface area contributed by atoms with Crippen molar-refractivity contribution in [2.24, 2.45) is 4.99 Å². The largest absolute Gasteiger partial charge is 0.367 e. The lowest BCUT2D eigenvalue weighted by Crippen LogP contribution is -2.52. The summed E-state index contributed by atoms with van der Waals surface area (Å²) in [4.78, 5) is 13.8. The van der Waals surface area contributed by atoms with Gasteiger partial charge in [0.05, 0.1) is 11.4 Å². The van der Waals surface area contributed by atoms with Crippen LogP contribution in [0.1, 0.15) is 12.1 Å². The number of anilines is 1. The molecule has 10 heteroatoms. The molecule has 0 unspecified atom stereocenters. The summed E-state index contributed by atoms with van der Waals surface area (Å²) in [6.45, 7) is 10.3. The van der Waals surface area contributed by atoms with Crippen molar-refractivity contribution in [3.8, 4) is 0 Å². The van der Waals surface area contributed by atoms with Gasteiger partial charge in [-0.2, -0.15) is 0 Å². The zero-order valence-corrected chi connectivity index (χ0v) is 21.7. The number of benzene rings is 1. The maximum absolute atomic E-state index is 14.0. The van der Waals surface area contributed by atoms with Gasteiger partial charge in [-0.15, -0.1) is 24.0 Å². The number of nitrogens with one attached hydrogen (secondary N) is 1. The molecule has 0 aliphatic carbocycles. The average Bonchev–Trinajstić information content (AvgIpc) is 3.34. The normalized spacial score (nSPS) is 18.3. The summed E-state index contributed by atoms with van der Waals surface area (Å²) in [7, 11) is 1.85. The Morgan fingerprint density at radius 3 is 2.42 bits per heavy atom. The molecule has 2 aliphatic heterocycles. The van der Waals surface area contributed by atoms with Crippen LogP contribution >= 0.6 is 24.0 Å². The van der Waals surface area contributed by atoms with Crippen molar-refractivity contribution in [3.05, 3.63) is 48.1 Å². The molecule has 0 bridgehead atoms. The van der Waals surface area contributed by atoms with E-state index in [-0.39, 0.29) is 29.8 Å². The molecule has 0 atom stereocenters. The van der Waals surface area contributed by atoms with Gasteiger partial charge in [-0.3, -0.25) is 14.8 Å². The van der Waals surface area contributed by atoms with Crippen LogP contribution in [0.3, 0.4) is 0 Å². The highest BCUT2D eigenvalue weighted by molar-refractivity contribution is 14.0. The maximum atomic E-state index is 14.0. The fourth-order valence-electron chi connectivity index (χ4n) is 4.42. The number of piperazine rings is 2. The van der Waals surface area contributed by atoms with Crippen LogP contribution < -0.4 is 10.2 Å². The van der Waals surface area contributed by atoms with Gasteiger partial charge >= 0.3 is 0 Å². The molecule has 0 radical (unpaired) electrons. The van der Waals surface area contributed by atoms with E-state index in [4.69, 9.17) is 4.52 Å². The lowest BCUT2D eigenvalue weighted by atomic mass is 10.2. The van der Waals surface area contributed by atoms with E-state index in [0.717, 1.165) is 95.8 Å². The predicted molar refractivity (Wildman–Crippen MR) is 140 cm³/mol. The second-order valence-electron chi connectivity index (χ2n) is 8.36. The summed E-state index contributed by atoms with van der Waals surface area (Å²) < 4.78 is 18.9. The second-order valence-corrected chi connectivity index (χ2v) is 8.36. The average molecular weight is 571 g/mol. The van der Waals surface area contributed by atoms with Crippen molar-refractivity contribution >= 4 is 35.6 Å². The fraction of sp³-hybridized carbons (Fsp3) is 0.565. The third kappa shape index (κ3) is 7.28. The minimum Gasteiger partial charge on any atom is -0.367 e. The molecule has 1 N–H and O–H groups in total. The second kappa shape index (κ2) is 13.1. The quantitative estimate of drug-likeness (QED) is 0.237. The number of hydrogen-bond acceptors (Lipinski definition) is 6. The molecule has 4 rings (SSSR count). The van der Waals surface area contributed by atoms with Crippen molar-refractivity contribution in [1.29, 1.82) is 0 Å². The number of aromatic nitrogens is 1. The molecule has 1 aromatic carbocycles. The van der Waals surface area contributed by atoms with Gasteiger partial charge in [0.2, 0.25) is 0 Å². The van der Waals surface area contributed by atoms with E-state index in [1.165, 1.54) is 6.07 Å². The Hall–Kier alpha value is -1.92. The Labute approximate surface area is 212 Å². The zero-order valence-electron chi connectivity index (χ0n) is 19.3. The monoisotopic (exact) mass is 571 g/mol. The number of guanidine groups is 1.